The molecule has 3 aliphatic rings. The van der Waals surface area contributed by atoms with E-state index in [1.807, 2.05) is 37.2 Å². The van der Waals surface area contributed by atoms with Gasteiger partial charge in [0.25, 0.3) is 10.1 Å². The number of nitrogens with zero attached hydrogens (tertiary/aromatic N) is 5. The monoisotopic (exact) mass is 513 g/mol. The number of ether oxygens (including phenoxy) is 1. The van der Waals surface area contributed by atoms with E-state index in [4.69, 9.17) is 9.73 Å². The van der Waals surface area contributed by atoms with Crippen molar-refractivity contribution < 1.29 is 22.3 Å². The van der Waals surface area contributed by atoms with Gasteiger partial charge in [-0.15, -0.1) is 6.58 Å². The molecule has 36 heavy (non-hydrogen) atoms. The molecule has 1 fully saturated rings. The van der Waals surface area contributed by atoms with Crippen molar-refractivity contribution >= 4 is 28.5 Å². The lowest BCUT2D eigenvalue weighted by molar-refractivity contribution is -0.434. The van der Waals surface area contributed by atoms with Crippen LogP contribution in [0.1, 0.15) is 31.4 Å². The molecule has 2 aliphatic heterocycles. The second kappa shape index (κ2) is 10.7. The van der Waals surface area contributed by atoms with E-state index < -0.39 is 10.1 Å². The molecule has 4 rings (SSSR count). The van der Waals surface area contributed by atoms with Gasteiger partial charge in [0.2, 0.25) is 6.33 Å². The van der Waals surface area contributed by atoms with Crippen molar-refractivity contribution in [3.05, 3.63) is 70.9 Å². The van der Waals surface area contributed by atoms with Gasteiger partial charge in [0.15, 0.2) is 18.2 Å². The van der Waals surface area contributed by atoms with E-state index in [0.29, 0.717) is 31.9 Å². The van der Waals surface area contributed by atoms with Crippen LogP contribution in [0.4, 0.5) is 5.82 Å². The highest BCUT2D eigenvalue weighted by molar-refractivity contribution is 7.90. The topological polar surface area (TPSA) is 114 Å². The second-order valence-corrected chi connectivity index (χ2v) is 10.6. The van der Waals surface area contributed by atoms with Gasteiger partial charge in [0.1, 0.15) is 12.4 Å². The molecule has 1 aromatic rings. The highest BCUT2D eigenvalue weighted by atomic mass is 32.2. The lowest BCUT2D eigenvalue weighted by Crippen LogP contribution is -2.41. The molecule has 192 valence electrons. The van der Waals surface area contributed by atoms with Gasteiger partial charge in [-0.25, -0.2) is 9.57 Å². The van der Waals surface area contributed by atoms with Crippen molar-refractivity contribution in [2.24, 2.45) is 4.99 Å². The molecule has 0 radical (unpaired) electrons. The fraction of sp³-hybridized carbons (Fsp3) is 0.400. The van der Waals surface area contributed by atoms with Crippen LogP contribution in [0.5, 0.6) is 0 Å². The highest BCUT2D eigenvalue weighted by Gasteiger charge is 2.35. The lowest BCUT2D eigenvalue weighted by Gasteiger charge is -2.29. The van der Waals surface area contributed by atoms with E-state index in [9.17, 15) is 13.0 Å². The fourth-order valence-corrected chi connectivity index (χ4v) is 5.08. The van der Waals surface area contributed by atoms with E-state index >= 15 is 0 Å². The Labute approximate surface area is 212 Å². The molecule has 1 atom stereocenters. The number of fused-ring (bicyclic) bond motifs is 1. The Morgan fingerprint density at radius 3 is 2.94 bits per heavy atom. The third kappa shape index (κ3) is 5.68. The molecule has 1 aromatic heterocycles. The average molecular weight is 514 g/mol. The summed E-state index contributed by atoms with van der Waals surface area (Å²) >= 11 is 0. The predicted octanol–water partition coefficient (Wildman–Crippen LogP) is 2.96. The first kappa shape index (κ1) is 25.6. The van der Waals surface area contributed by atoms with Crippen molar-refractivity contribution in [2.45, 2.75) is 31.7 Å². The number of allylic oxidation sites excluding steroid dienone is 6. The quantitative estimate of drug-likeness (QED) is 0.312. The lowest BCUT2D eigenvalue weighted by atomic mass is 10.0. The molecule has 0 spiro atoms. The number of aromatic nitrogens is 2. The summed E-state index contributed by atoms with van der Waals surface area (Å²) in [5.74, 6) is 2.10. The summed E-state index contributed by atoms with van der Waals surface area (Å²) in [4.78, 5) is 16.2. The zero-order chi connectivity index (χ0) is 25.9. The van der Waals surface area contributed by atoms with Crippen LogP contribution in [-0.4, -0.2) is 89.8 Å². The summed E-state index contributed by atoms with van der Waals surface area (Å²) in [7, 11) is -0.513. The molecule has 1 aliphatic carbocycles. The predicted molar refractivity (Wildman–Crippen MR) is 140 cm³/mol. The van der Waals surface area contributed by atoms with Crippen LogP contribution >= 0.6 is 0 Å². The molecule has 3 heterocycles. The summed E-state index contributed by atoms with van der Waals surface area (Å²) in [6, 6.07) is 0.0671. The van der Waals surface area contributed by atoms with E-state index in [0.717, 1.165) is 48.0 Å². The molecule has 2 N–H and O–H groups in total. The smallest absolute Gasteiger partial charge is 0.353 e. The molecule has 10 nitrogen and oxygen atoms in total. The molecule has 0 bridgehead atoms. The number of amidine groups is 1. The first-order chi connectivity index (χ1) is 17.2. The Kier molecular flexibility index (Phi) is 7.60. The Morgan fingerprint density at radius 1 is 1.42 bits per heavy atom. The molecule has 0 saturated carbocycles. The van der Waals surface area contributed by atoms with Crippen molar-refractivity contribution in [3.8, 4) is 0 Å². The van der Waals surface area contributed by atoms with Crippen LogP contribution in [0.3, 0.4) is 0 Å². The summed E-state index contributed by atoms with van der Waals surface area (Å²) in [6.07, 6.45) is 13.1. The van der Waals surface area contributed by atoms with Crippen LogP contribution < -0.4 is 0 Å². The van der Waals surface area contributed by atoms with Crippen molar-refractivity contribution in [1.29, 1.82) is 0 Å². The maximum Gasteiger partial charge on any atom is 0.353 e. The maximum absolute atomic E-state index is 11.9. The van der Waals surface area contributed by atoms with Gasteiger partial charge < -0.3 is 19.5 Å². The van der Waals surface area contributed by atoms with Gasteiger partial charge in [-0.05, 0) is 41.6 Å². The first-order valence-electron chi connectivity index (χ1n) is 11.8. The Morgan fingerprint density at radius 2 is 2.22 bits per heavy atom. The molecular weight excluding hydrogens is 480 g/mol. The van der Waals surface area contributed by atoms with Crippen LogP contribution in [0.25, 0.3) is 0 Å². The van der Waals surface area contributed by atoms with E-state index in [2.05, 4.69) is 28.2 Å². The number of aromatic amines is 1. The van der Waals surface area contributed by atoms with Gasteiger partial charge in [-0.3, -0.25) is 4.55 Å². The number of nitrogens with one attached hydrogen (secondary N) is 1. The molecule has 1 saturated heterocycles. The first-order valence-corrected chi connectivity index (χ1v) is 13.2. The van der Waals surface area contributed by atoms with Crippen molar-refractivity contribution in [1.82, 2.24) is 19.8 Å². The Bertz CT molecular complexity index is 1300. The number of likely N-dealkylation sites (tertiary alicyclic amines) is 1. The van der Waals surface area contributed by atoms with Crippen LogP contribution in [0.2, 0.25) is 0 Å². The number of imidazole rings is 1. The van der Waals surface area contributed by atoms with E-state index in [1.54, 1.807) is 10.9 Å². The standard InChI is InChI=1S/C25H32N6O4S/c1-5-7-19(29(2)3)10-9-18-12-21(14-22(13-18)36(32,33)34)35-15-20-8-6-11-31(20)25-23-24(27-16-26-23)30(4)17-28-25/h5,9-10,13-14,16,20H,1,4,6-8,11-12,15,17H2,2-3H3,(H-,26,27,32,33,34)/p+1. The number of H-pyrrole nitrogens is 1. The Balaban J connectivity index is 1.51. The number of aliphatic imine (C=N–C) groups is 1. The number of rotatable bonds is 8. The molecular formula is C25H33N6O4S+. The third-order valence-electron chi connectivity index (χ3n) is 6.37. The second-order valence-electron chi connectivity index (χ2n) is 9.16. The third-order valence-corrected chi connectivity index (χ3v) is 7.20. The molecule has 1 unspecified atom stereocenters. The summed E-state index contributed by atoms with van der Waals surface area (Å²) in [5, 5.41) is 0. The van der Waals surface area contributed by atoms with Gasteiger partial charge in [-0.2, -0.15) is 8.42 Å². The summed E-state index contributed by atoms with van der Waals surface area (Å²) in [5.41, 5.74) is 2.58. The minimum absolute atomic E-state index is 0.0671. The largest absolute Gasteiger partial charge is 0.495 e. The van der Waals surface area contributed by atoms with E-state index in [-0.39, 0.29) is 10.9 Å². The maximum atomic E-state index is 11.9. The van der Waals surface area contributed by atoms with Gasteiger partial charge in [0, 0.05) is 39.2 Å². The van der Waals surface area contributed by atoms with E-state index in [1.165, 1.54) is 12.2 Å². The van der Waals surface area contributed by atoms with Crippen molar-refractivity contribution in [2.75, 3.05) is 33.9 Å². The normalized spacial score (nSPS) is 21.6. The van der Waals surface area contributed by atoms with Gasteiger partial charge >= 0.3 is 5.82 Å². The van der Waals surface area contributed by atoms with Crippen LogP contribution in [-0.2, 0) is 14.9 Å². The van der Waals surface area contributed by atoms with Crippen LogP contribution in [0, 0.1) is 0 Å². The van der Waals surface area contributed by atoms with Gasteiger partial charge in [-0.1, -0.05) is 12.2 Å². The van der Waals surface area contributed by atoms with Gasteiger partial charge in [0.05, 0.1) is 17.7 Å². The Hall–Kier alpha value is -3.44. The number of hydrogen-bond acceptors (Lipinski definition) is 7. The van der Waals surface area contributed by atoms with Crippen LogP contribution in [0.15, 0.2) is 70.2 Å². The average Bonchev–Trinajstić information content (AvgIpc) is 3.50. The molecule has 11 heteroatoms. The number of hydrogen-bond donors (Lipinski definition) is 2. The molecule has 0 amide bonds. The summed E-state index contributed by atoms with van der Waals surface area (Å²) < 4.78 is 41.5. The minimum Gasteiger partial charge on any atom is -0.495 e. The molecule has 0 aromatic carbocycles. The fourth-order valence-electron chi connectivity index (χ4n) is 4.50. The highest BCUT2D eigenvalue weighted by Crippen LogP contribution is 2.29. The zero-order valence-corrected chi connectivity index (χ0v) is 21.5. The SMILES string of the molecule is C=CCC(=CC=C1C=C(S(=O)(=O)O)C=C(OCC2CCCN2C2=NC[N+](=C)c3nc[nH]c32)C1)N(C)C. The summed E-state index contributed by atoms with van der Waals surface area (Å²) in [6.45, 7) is 9.38. The minimum atomic E-state index is -4.39. The zero-order valence-electron chi connectivity index (χ0n) is 20.7. The van der Waals surface area contributed by atoms with Crippen molar-refractivity contribution in [3.63, 3.8) is 0 Å².